The molecule has 6 nitrogen and oxygen atoms in total. The van der Waals surface area contributed by atoms with Crippen LogP contribution in [0.4, 0.5) is 26.3 Å². The normalized spacial score (nSPS) is 11.8. The molecule has 13 heteroatoms. The van der Waals surface area contributed by atoms with Crippen LogP contribution in [0, 0.1) is 47.2 Å². The Kier molecular flexibility index (Phi) is 9.87. The SMILES string of the molecule is Cc1ccc(S(=O)(=O)OCC(COc2cc(F)cc(F)c2)(COc2cc(F)cc(F)c2)COc2cc(F)cc(F)c2)cc1. The third-order valence-corrected chi connectivity index (χ3v) is 7.25. The summed E-state index contributed by atoms with van der Waals surface area (Å²) >= 11 is 0. The molecular formula is C30H24F6O6S. The van der Waals surface area contributed by atoms with Gasteiger partial charge in [-0.25, -0.2) is 26.3 Å². The van der Waals surface area contributed by atoms with E-state index in [9.17, 15) is 34.8 Å². The van der Waals surface area contributed by atoms with Gasteiger partial charge >= 0.3 is 0 Å². The van der Waals surface area contributed by atoms with Crippen molar-refractivity contribution in [3.63, 3.8) is 0 Å². The lowest BCUT2D eigenvalue weighted by Crippen LogP contribution is -2.45. The monoisotopic (exact) mass is 626 g/mol. The third-order valence-electron chi connectivity index (χ3n) is 5.97. The number of hydrogen-bond acceptors (Lipinski definition) is 6. The van der Waals surface area contributed by atoms with Crippen LogP contribution in [0.1, 0.15) is 5.56 Å². The molecule has 0 fully saturated rings. The average molecular weight is 627 g/mol. The molecule has 0 aliphatic heterocycles. The zero-order valence-electron chi connectivity index (χ0n) is 22.5. The van der Waals surface area contributed by atoms with E-state index in [1.54, 1.807) is 6.92 Å². The second-order valence-electron chi connectivity index (χ2n) is 9.71. The van der Waals surface area contributed by atoms with E-state index in [-0.39, 0.29) is 22.1 Å². The van der Waals surface area contributed by atoms with Gasteiger partial charge in [0.05, 0.1) is 16.9 Å². The second-order valence-corrected chi connectivity index (χ2v) is 11.3. The summed E-state index contributed by atoms with van der Waals surface area (Å²) in [6.45, 7) is -0.886. The van der Waals surface area contributed by atoms with Crippen LogP contribution >= 0.6 is 0 Å². The Labute approximate surface area is 243 Å². The predicted molar refractivity (Wildman–Crippen MR) is 142 cm³/mol. The van der Waals surface area contributed by atoms with Gasteiger partial charge in [-0.15, -0.1) is 0 Å². The molecule has 0 atom stereocenters. The fraction of sp³-hybridized carbons (Fsp3) is 0.200. The fourth-order valence-corrected chi connectivity index (χ4v) is 4.78. The maximum Gasteiger partial charge on any atom is 0.296 e. The summed E-state index contributed by atoms with van der Waals surface area (Å²) in [5.41, 5.74) is -0.970. The largest absolute Gasteiger partial charge is 0.492 e. The molecule has 0 aliphatic carbocycles. The van der Waals surface area contributed by atoms with Crippen molar-refractivity contribution in [3.05, 3.63) is 119 Å². The van der Waals surface area contributed by atoms with Gasteiger partial charge in [0, 0.05) is 54.6 Å². The summed E-state index contributed by atoms with van der Waals surface area (Å²) in [5, 5.41) is 0. The van der Waals surface area contributed by atoms with Crippen molar-refractivity contribution in [3.8, 4) is 17.2 Å². The number of benzene rings is 4. The molecule has 0 aliphatic rings. The molecule has 0 radical (unpaired) electrons. The van der Waals surface area contributed by atoms with E-state index in [0.29, 0.717) is 18.2 Å². The molecule has 0 saturated heterocycles. The molecule has 0 heterocycles. The predicted octanol–water partition coefficient (Wildman–Crippen LogP) is 6.76. The van der Waals surface area contributed by atoms with Crippen LogP contribution < -0.4 is 14.2 Å². The molecule has 0 saturated carbocycles. The van der Waals surface area contributed by atoms with Crippen molar-refractivity contribution in [1.82, 2.24) is 0 Å². The molecule has 4 rings (SSSR count). The van der Waals surface area contributed by atoms with Gasteiger partial charge in [0.15, 0.2) is 0 Å². The summed E-state index contributed by atoms with van der Waals surface area (Å²) in [6.07, 6.45) is 0. The number of ether oxygens (including phenoxy) is 3. The lowest BCUT2D eigenvalue weighted by atomic mass is 9.92. The van der Waals surface area contributed by atoms with Crippen molar-refractivity contribution in [2.75, 3.05) is 26.4 Å². The molecule has 0 amide bonds. The topological polar surface area (TPSA) is 71.1 Å². The van der Waals surface area contributed by atoms with Gasteiger partial charge in [0.2, 0.25) is 0 Å². The Hall–Kier alpha value is -4.23. The minimum atomic E-state index is -4.43. The Morgan fingerprint density at radius 1 is 0.535 bits per heavy atom. The molecule has 43 heavy (non-hydrogen) atoms. The Morgan fingerprint density at radius 3 is 1.19 bits per heavy atom. The van der Waals surface area contributed by atoms with E-state index in [2.05, 4.69) is 0 Å². The minimum Gasteiger partial charge on any atom is -0.492 e. The van der Waals surface area contributed by atoms with Gasteiger partial charge in [-0.05, 0) is 19.1 Å². The van der Waals surface area contributed by atoms with Gasteiger partial charge in [0.25, 0.3) is 10.1 Å². The van der Waals surface area contributed by atoms with Crippen LogP contribution in [0.25, 0.3) is 0 Å². The molecule has 0 N–H and O–H groups in total. The summed E-state index contributed by atoms with van der Waals surface area (Å²) in [6, 6.07) is 12.6. The highest BCUT2D eigenvalue weighted by atomic mass is 32.2. The fourth-order valence-electron chi connectivity index (χ4n) is 3.77. The smallest absolute Gasteiger partial charge is 0.296 e. The molecular weight excluding hydrogens is 602 g/mol. The highest BCUT2D eigenvalue weighted by Gasteiger charge is 2.37. The number of halogens is 6. The average Bonchev–Trinajstić information content (AvgIpc) is 2.91. The molecule has 0 unspecified atom stereocenters. The number of rotatable bonds is 13. The standard InChI is InChI=1S/C30H24F6O6S/c1-19-2-4-29(5-3-19)43(37,38)42-18-30(15-39-26-9-20(31)6-21(32)10-26,16-40-27-11-22(33)7-23(34)12-27)17-41-28-13-24(35)8-25(36)14-28/h2-14H,15-18H2,1H3. The number of aryl methyl sites for hydroxylation is 1. The molecule has 0 aromatic heterocycles. The van der Waals surface area contributed by atoms with Gasteiger partial charge in [-0.3, -0.25) is 4.18 Å². The van der Waals surface area contributed by atoms with E-state index < -0.39 is 76.9 Å². The van der Waals surface area contributed by atoms with Crippen molar-refractivity contribution in [1.29, 1.82) is 0 Å². The van der Waals surface area contributed by atoms with Crippen molar-refractivity contribution < 1.29 is 53.2 Å². The van der Waals surface area contributed by atoms with Crippen LogP contribution in [0.2, 0.25) is 0 Å². The van der Waals surface area contributed by atoms with Gasteiger partial charge in [0.1, 0.15) is 72.0 Å². The first-order valence-electron chi connectivity index (χ1n) is 12.5. The summed E-state index contributed by atoms with van der Waals surface area (Å²) in [4.78, 5) is -0.207. The Balaban J connectivity index is 1.69. The van der Waals surface area contributed by atoms with Gasteiger partial charge < -0.3 is 14.2 Å². The molecule has 228 valence electrons. The zero-order valence-corrected chi connectivity index (χ0v) is 23.3. The van der Waals surface area contributed by atoms with Gasteiger partial charge in [-0.2, -0.15) is 8.42 Å². The van der Waals surface area contributed by atoms with E-state index in [4.69, 9.17) is 18.4 Å². The lowest BCUT2D eigenvalue weighted by molar-refractivity contribution is -0.00208. The Bertz CT molecular complexity index is 1490. The van der Waals surface area contributed by atoms with Gasteiger partial charge in [-0.1, -0.05) is 17.7 Å². The summed E-state index contributed by atoms with van der Waals surface area (Å²) < 4.78 is 131. The third kappa shape index (κ3) is 9.13. The molecule has 0 bridgehead atoms. The first kappa shape index (κ1) is 31.7. The first-order valence-corrected chi connectivity index (χ1v) is 13.9. The lowest BCUT2D eigenvalue weighted by Gasteiger charge is -2.32. The van der Waals surface area contributed by atoms with Crippen LogP contribution in [0.5, 0.6) is 17.2 Å². The first-order chi connectivity index (χ1) is 20.3. The van der Waals surface area contributed by atoms with Crippen molar-refractivity contribution in [2.45, 2.75) is 11.8 Å². The van der Waals surface area contributed by atoms with E-state index in [1.807, 2.05) is 0 Å². The minimum absolute atomic E-state index is 0.207. The highest BCUT2D eigenvalue weighted by Crippen LogP contribution is 2.29. The quantitative estimate of drug-likeness (QED) is 0.121. The zero-order chi connectivity index (χ0) is 31.2. The van der Waals surface area contributed by atoms with E-state index in [1.165, 1.54) is 24.3 Å². The maximum absolute atomic E-state index is 13.8. The highest BCUT2D eigenvalue weighted by molar-refractivity contribution is 7.86. The molecule has 0 spiro atoms. The van der Waals surface area contributed by atoms with Crippen LogP contribution in [-0.2, 0) is 14.3 Å². The van der Waals surface area contributed by atoms with Crippen LogP contribution in [0.15, 0.2) is 83.8 Å². The molecule has 4 aromatic rings. The van der Waals surface area contributed by atoms with E-state index >= 15 is 0 Å². The second kappa shape index (κ2) is 13.4. The summed E-state index contributed by atoms with van der Waals surface area (Å²) in [5.74, 6) is -6.78. The number of hydrogen-bond donors (Lipinski definition) is 0. The molecule has 4 aromatic carbocycles. The van der Waals surface area contributed by atoms with Crippen molar-refractivity contribution in [2.24, 2.45) is 5.41 Å². The Morgan fingerprint density at radius 2 is 0.860 bits per heavy atom. The van der Waals surface area contributed by atoms with Crippen LogP contribution in [0.3, 0.4) is 0 Å². The van der Waals surface area contributed by atoms with E-state index in [0.717, 1.165) is 42.0 Å². The maximum atomic E-state index is 13.8. The van der Waals surface area contributed by atoms with Crippen LogP contribution in [-0.4, -0.2) is 34.8 Å². The summed E-state index contributed by atoms with van der Waals surface area (Å²) in [7, 11) is -4.43. The van der Waals surface area contributed by atoms with Crippen molar-refractivity contribution >= 4 is 10.1 Å².